The minimum absolute atomic E-state index is 0.0344. The predicted octanol–water partition coefficient (Wildman–Crippen LogP) is 2.44. The maximum Gasteiger partial charge on any atom is 0.332 e. The molecule has 0 radical (unpaired) electrons. The predicted molar refractivity (Wildman–Crippen MR) is 81.1 cm³/mol. The molecule has 5 nitrogen and oxygen atoms in total. The van der Waals surface area contributed by atoms with Gasteiger partial charge < -0.3 is 15.4 Å². The number of hydrogen-bond acceptors (Lipinski definition) is 4. The third-order valence-electron chi connectivity index (χ3n) is 2.23. The molecule has 1 aromatic rings. The van der Waals surface area contributed by atoms with Crippen LogP contribution in [-0.2, 0) is 14.3 Å². The topological polar surface area (TPSA) is 67.4 Å². The van der Waals surface area contributed by atoms with Crippen LogP contribution in [0.3, 0.4) is 0 Å². The summed E-state index contributed by atoms with van der Waals surface area (Å²) in [5.41, 5.74) is 0.817. The zero-order valence-electron chi connectivity index (χ0n) is 11.6. The van der Waals surface area contributed by atoms with Gasteiger partial charge in [-0.25, -0.2) is 4.79 Å². The van der Waals surface area contributed by atoms with E-state index in [4.69, 9.17) is 0 Å². The number of esters is 1. The lowest BCUT2D eigenvalue weighted by Gasteiger charge is -2.13. The summed E-state index contributed by atoms with van der Waals surface area (Å²) in [6, 6.07) is 7.24. The van der Waals surface area contributed by atoms with E-state index in [1.807, 2.05) is 26.0 Å². The minimum Gasteiger partial charge on any atom is -0.466 e. The minimum atomic E-state index is -0.596. The lowest BCUT2D eigenvalue weighted by Crippen LogP contribution is -2.34. The molecule has 6 heteroatoms. The number of benzene rings is 1. The van der Waals surface area contributed by atoms with Gasteiger partial charge in [-0.05, 0) is 32.0 Å². The Bertz CT molecular complexity index is 527. The van der Waals surface area contributed by atoms with Crippen LogP contribution in [0.4, 0.5) is 5.69 Å². The van der Waals surface area contributed by atoms with Crippen molar-refractivity contribution in [2.24, 2.45) is 0 Å². The Hall–Kier alpha value is -1.82. The van der Waals surface area contributed by atoms with E-state index in [-0.39, 0.29) is 17.6 Å². The highest BCUT2D eigenvalue weighted by Crippen LogP contribution is 2.17. The van der Waals surface area contributed by atoms with E-state index in [1.54, 1.807) is 12.1 Å². The number of hydrogen-bond donors (Lipinski definition) is 2. The fourth-order valence-corrected chi connectivity index (χ4v) is 1.80. The fourth-order valence-electron chi connectivity index (χ4n) is 1.40. The first-order valence-corrected chi connectivity index (χ1v) is 6.84. The van der Waals surface area contributed by atoms with Gasteiger partial charge in [0.2, 0.25) is 0 Å². The molecule has 1 amide bonds. The lowest BCUT2D eigenvalue weighted by molar-refractivity contribution is -0.135. The van der Waals surface area contributed by atoms with Crippen LogP contribution in [0.1, 0.15) is 13.8 Å². The molecule has 2 N–H and O–H groups in total. The van der Waals surface area contributed by atoms with Gasteiger partial charge in [0.05, 0.1) is 13.2 Å². The van der Waals surface area contributed by atoms with Crippen molar-refractivity contribution in [3.8, 4) is 0 Å². The smallest absolute Gasteiger partial charge is 0.332 e. The standard InChI is InChI=1S/C14H17BrN2O3/c1-9(2)16-14(19)12(8-13(18)20-3)17-11-6-4-5-10(15)7-11/h4-9,17H,1-3H3,(H,16,19)/b12-8-. The summed E-state index contributed by atoms with van der Waals surface area (Å²) in [6.45, 7) is 3.68. The van der Waals surface area contributed by atoms with Crippen molar-refractivity contribution >= 4 is 33.5 Å². The van der Waals surface area contributed by atoms with Gasteiger partial charge >= 0.3 is 5.97 Å². The molecule has 1 rings (SSSR count). The van der Waals surface area contributed by atoms with Crippen molar-refractivity contribution < 1.29 is 14.3 Å². The second-order valence-electron chi connectivity index (χ2n) is 4.34. The summed E-state index contributed by atoms with van der Waals surface area (Å²) in [5, 5.41) is 5.63. The van der Waals surface area contributed by atoms with E-state index in [9.17, 15) is 9.59 Å². The number of anilines is 1. The van der Waals surface area contributed by atoms with Crippen LogP contribution in [-0.4, -0.2) is 25.0 Å². The molecule has 0 saturated carbocycles. The zero-order chi connectivity index (χ0) is 15.1. The highest BCUT2D eigenvalue weighted by Gasteiger charge is 2.13. The van der Waals surface area contributed by atoms with Crippen LogP contribution in [0.15, 0.2) is 40.5 Å². The lowest BCUT2D eigenvalue weighted by atomic mass is 10.2. The Kier molecular flexibility index (Phi) is 6.24. The monoisotopic (exact) mass is 340 g/mol. The summed E-state index contributed by atoms with van der Waals surface area (Å²) < 4.78 is 5.42. The van der Waals surface area contributed by atoms with Crippen LogP contribution in [0, 0.1) is 0 Å². The van der Waals surface area contributed by atoms with Crippen LogP contribution in [0.5, 0.6) is 0 Å². The first-order valence-electron chi connectivity index (χ1n) is 6.05. The summed E-state index contributed by atoms with van der Waals surface area (Å²) >= 11 is 3.34. The van der Waals surface area contributed by atoms with E-state index < -0.39 is 5.97 Å². The number of methoxy groups -OCH3 is 1. The summed E-state index contributed by atoms with van der Waals surface area (Å²) in [4.78, 5) is 23.4. The molecule has 108 valence electrons. The molecule has 0 aromatic heterocycles. The van der Waals surface area contributed by atoms with Crippen molar-refractivity contribution in [2.75, 3.05) is 12.4 Å². The highest BCUT2D eigenvalue weighted by atomic mass is 79.9. The molecule has 0 heterocycles. The molecule has 0 aliphatic carbocycles. The van der Waals surface area contributed by atoms with Gasteiger partial charge in [-0.3, -0.25) is 4.79 Å². The number of carbonyl (C=O) groups is 2. The van der Waals surface area contributed by atoms with E-state index >= 15 is 0 Å². The number of halogens is 1. The molecular formula is C14H17BrN2O3. The van der Waals surface area contributed by atoms with Gasteiger partial charge in [0.1, 0.15) is 5.70 Å². The third-order valence-corrected chi connectivity index (χ3v) is 2.72. The first kappa shape index (κ1) is 16.2. The van der Waals surface area contributed by atoms with Crippen LogP contribution in [0.2, 0.25) is 0 Å². The Labute approximate surface area is 126 Å². The fraction of sp³-hybridized carbons (Fsp3) is 0.286. The van der Waals surface area contributed by atoms with E-state index in [2.05, 4.69) is 31.3 Å². The van der Waals surface area contributed by atoms with Gasteiger partial charge in [0.25, 0.3) is 5.91 Å². The van der Waals surface area contributed by atoms with Crippen molar-refractivity contribution in [1.29, 1.82) is 0 Å². The largest absolute Gasteiger partial charge is 0.466 e. The Balaban J connectivity index is 2.96. The molecule has 0 saturated heterocycles. The molecule has 0 fully saturated rings. The molecule has 0 aliphatic rings. The molecule has 1 aromatic carbocycles. The SMILES string of the molecule is COC(=O)/C=C(\Nc1cccc(Br)c1)C(=O)NC(C)C. The van der Waals surface area contributed by atoms with Crippen molar-refractivity contribution in [1.82, 2.24) is 5.32 Å². The second-order valence-corrected chi connectivity index (χ2v) is 5.26. The maximum atomic E-state index is 12.0. The van der Waals surface area contributed by atoms with Crippen molar-refractivity contribution in [3.63, 3.8) is 0 Å². The average molecular weight is 341 g/mol. The zero-order valence-corrected chi connectivity index (χ0v) is 13.2. The van der Waals surface area contributed by atoms with Crippen LogP contribution in [0.25, 0.3) is 0 Å². The number of ether oxygens (including phenoxy) is 1. The van der Waals surface area contributed by atoms with Gasteiger partial charge in [-0.15, -0.1) is 0 Å². The summed E-state index contributed by atoms with van der Waals surface area (Å²) in [6.07, 6.45) is 1.12. The van der Waals surface area contributed by atoms with Gasteiger partial charge in [0.15, 0.2) is 0 Å². The highest BCUT2D eigenvalue weighted by molar-refractivity contribution is 9.10. The second kappa shape index (κ2) is 7.69. The number of amides is 1. The molecule has 0 aliphatic heterocycles. The molecule has 0 unspecified atom stereocenters. The molecular weight excluding hydrogens is 324 g/mol. The first-order chi connectivity index (χ1) is 9.42. The quantitative estimate of drug-likeness (QED) is 0.638. The van der Waals surface area contributed by atoms with Crippen LogP contribution >= 0.6 is 15.9 Å². The van der Waals surface area contributed by atoms with Gasteiger partial charge in [-0.2, -0.15) is 0 Å². The summed E-state index contributed by atoms with van der Waals surface area (Å²) in [5.74, 6) is -0.966. The molecule has 0 bridgehead atoms. The number of nitrogens with one attached hydrogen (secondary N) is 2. The number of carbonyl (C=O) groups excluding carboxylic acids is 2. The van der Waals surface area contributed by atoms with Crippen molar-refractivity contribution in [2.45, 2.75) is 19.9 Å². The average Bonchev–Trinajstić information content (AvgIpc) is 2.37. The van der Waals surface area contributed by atoms with Crippen molar-refractivity contribution in [3.05, 3.63) is 40.5 Å². The third kappa shape index (κ3) is 5.44. The number of rotatable bonds is 5. The van der Waals surface area contributed by atoms with E-state index in [0.717, 1.165) is 10.5 Å². The Morgan fingerprint density at radius 1 is 1.35 bits per heavy atom. The van der Waals surface area contributed by atoms with Gasteiger partial charge in [0, 0.05) is 16.2 Å². The summed E-state index contributed by atoms with van der Waals surface area (Å²) in [7, 11) is 1.26. The molecule has 0 spiro atoms. The maximum absolute atomic E-state index is 12.0. The van der Waals surface area contributed by atoms with E-state index in [1.165, 1.54) is 7.11 Å². The molecule has 0 atom stereocenters. The van der Waals surface area contributed by atoms with E-state index in [0.29, 0.717) is 5.69 Å². The molecule has 20 heavy (non-hydrogen) atoms. The Morgan fingerprint density at radius 2 is 2.05 bits per heavy atom. The Morgan fingerprint density at radius 3 is 2.60 bits per heavy atom. The van der Waals surface area contributed by atoms with Crippen LogP contribution < -0.4 is 10.6 Å². The van der Waals surface area contributed by atoms with Gasteiger partial charge in [-0.1, -0.05) is 22.0 Å². The normalized spacial score (nSPS) is 11.2.